The van der Waals surface area contributed by atoms with E-state index in [1.807, 2.05) is 30.5 Å². The van der Waals surface area contributed by atoms with Gasteiger partial charge in [0.05, 0.1) is 16.7 Å². The number of aromatic nitrogens is 1. The van der Waals surface area contributed by atoms with E-state index in [-0.39, 0.29) is 4.90 Å². The van der Waals surface area contributed by atoms with Crippen molar-refractivity contribution in [3.63, 3.8) is 0 Å². The molecular formula is C20H23N3O4S2. The Morgan fingerprint density at radius 2 is 1.83 bits per heavy atom. The van der Waals surface area contributed by atoms with Crippen molar-refractivity contribution in [3.8, 4) is 5.75 Å². The maximum atomic E-state index is 12.7. The smallest absolute Gasteiger partial charge is 0.279 e. The van der Waals surface area contributed by atoms with Crippen LogP contribution < -0.4 is 9.54 Å². The van der Waals surface area contributed by atoms with Gasteiger partial charge in [0.15, 0.2) is 4.80 Å². The highest BCUT2D eigenvalue weighted by atomic mass is 32.2. The van der Waals surface area contributed by atoms with Crippen LogP contribution in [0.25, 0.3) is 10.2 Å². The summed E-state index contributed by atoms with van der Waals surface area (Å²) in [5.74, 6) is 0.306. The number of methoxy groups -OCH3 is 1. The molecule has 3 aromatic rings. The van der Waals surface area contributed by atoms with Crippen LogP contribution in [0.2, 0.25) is 0 Å². The van der Waals surface area contributed by atoms with Crippen LogP contribution in [0.3, 0.4) is 0 Å². The molecule has 0 aliphatic heterocycles. The van der Waals surface area contributed by atoms with Crippen LogP contribution in [0.5, 0.6) is 5.75 Å². The number of fused-ring (bicyclic) bond motifs is 1. The number of amides is 1. The van der Waals surface area contributed by atoms with E-state index in [0.717, 1.165) is 25.8 Å². The lowest BCUT2D eigenvalue weighted by Crippen LogP contribution is -2.22. The molecule has 0 aliphatic carbocycles. The Hall–Kier alpha value is -2.49. The summed E-state index contributed by atoms with van der Waals surface area (Å²) in [7, 11) is 1.00. The zero-order valence-corrected chi connectivity index (χ0v) is 18.6. The van der Waals surface area contributed by atoms with Crippen molar-refractivity contribution in [2.24, 2.45) is 4.99 Å². The minimum absolute atomic E-state index is 0.130. The quantitative estimate of drug-likeness (QED) is 0.619. The Balaban J connectivity index is 2.08. The summed E-state index contributed by atoms with van der Waals surface area (Å²) in [5, 5.41) is 0. The Kier molecular flexibility index (Phi) is 5.92. The predicted octanol–water partition coefficient (Wildman–Crippen LogP) is 3.03. The van der Waals surface area contributed by atoms with E-state index < -0.39 is 15.9 Å². The number of sulfonamides is 1. The normalized spacial score (nSPS) is 12.7. The second kappa shape index (κ2) is 8.10. The molecule has 2 aromatic carbocycles. The first-order valence-corrected chi connectivity index (χ1v) is 11.2. The largest absolute Gasteiger partial charge is 0.495 e. The first-order chi connectivity index (χ1) is 13.7. The van der Waals surface area contributed by atoms with Crippen molar-refractivity contribution < 1.29 is 17.9 Å². The van der Waals surface area contributed by atoms with Crippen LogP contribution >= 0.6 is 11.3 Å². The van der Waals surface area contributed by atoms with Gasteiger partial charge in [-0.25, -0.2) is 12.7 Å². The molecule has 0 saturated heterocycles. The maximum absolute atomic E-state index is 12.7. The lowest BCUT2D eigenvalue weighted by Gasteiger charge is -2.11. The third-order valence-corrected chi connectivity index (χ3v) is 7.64. The molecule has 29 heavy (non-hydrogen) atoms. The molecule has 1 heterocycles. The molecule has 0 spiro atoms. The van der Waals surface area contributed by atoms with E-state index in [1.54, 1.807) is 7.11 Å². The minimum Gasteiger partial charge on any atom is -0.495 e. The van der Waals surface area contributed by atoms with Gasteiger partial charge >= 0.3 is 0 Å². The lowest BCUT2D eigenvalue weighted by atomic mass is 10.2. The lowest BCUT2D eigenvalue weighted by molar-refractivity contribution is 0.0997. The van der Waals surface area contributed by atoms with Gasteiger partial charge in [-0.15, -0.1) is 0 Å². The fourth-order valence-corrected chi connectivity index (χ4v) is 5.03. The summed E-state index contributed by atoms with van der Waals surface area (Å²) >= 11 is 1.43. The van der Waals surface area contributed by atoms with E-state index in [2.05, 4.69) is 4.99 Å². The van der Waals surface area contributed by atoms with Gasteiger partial charge in [-0.3, -0.25) is 4.79 Å². The fraction of sp³-hybridized carbons (Fsp3) is 0.300. The highest BCUT2D eigenvalue weighted by Crippen LogP contribution is 2.30. The van der Waals surface area contributed by atoms with Gasteiger partial charge in [-0.1, -0.05) is 17.4 Å². The van der Waals surface area contributed by atoms with Crippen molar-refractivity contribution in [1.29, 1.82) is 0 Å². The summed E-state index contributed by atoms with van der Waals surface area (Å²) in [6.45, 7) is 4.62. The number of hydrogen-bond donors (Lipinski definition) is 0. The molecule has 1 aromatic heterocycles. The van der Waals surface area contributed by atoms with E-state index in [9.17, 15) is 13.2 Å². The Bertz CT molecular complexity index is 1240. The first-order valence-electron chi connectivity index (χ1n) is 8.99. The van der Waals surface area contributed by atoms with Gasteiger partial charge in [0.25, 0.3) is 5.91 Å². The molecule has 0 fully saturated rings. The molecule has 0 N–H and O–H groups in total. The first kappa shape index (κ1) is 21.2. The van der Waals surface area contributed by atoms with Crippen molar-refractivity contribution in [2.75, 3.05) is 21.2 Å². The summed E-state index contributed by atoms with van der Waals surface area (Å²) < 4.78 is 34.0. The van der Waals surface area contributed by atoms with E-state index in [0.29, 0.717) is 16.9 Å². The zero-order chi connectivity index (χ0) is 21.3. The van der Waals surface area contributed by atoms with Gasteiger partial charge in [0.1, 0.15) is 11.3 Å². The predicted molar refractivity (Wildman–Crippen MR) is 114 cm³/mol. The third-order valence-electron chi connectivity index (χ3n) is 4.60. The van der Waals surface area contributed by atoms with Crippen molar-refractivity contribution in [1.82, 2.24) is 8.87 Å². The molecule has 0 saturated carbocycles. The van der Waals surface area contributed by atoms with Crippen LogP contribution in [0, 0.1) is 6.92 Å². The number of ether oxygens (including phenoxy) is 1. The van der Waals surface area contributed by atoms with Gasteiger partial charge < -0.3 is 9.30 Å². The molecule has 0 atom stereocenters. The van der Waals surface area contributed by atoms with Crippen molar-refractivity contribution in [3.05, 3.63) is 52.3 Å². The number of carbonyl (C=O) groups is 1. The summed E-state index contributed by atoms with van der Waals surface area (Å²) in [6.07, 6.45) is 0. The van der Waals surface area contributed by atoms with Crippen LogP contribution in [-0.2, 0) is 16.6 Å². The topological polar surface area (TPSA) is 81.0 Å². The third kappa shape index (κ3) is 3.85. The second-order valence-corrected chi connectivity index (χ2v) is 9.75. The number of benzene rings is 2. The molecule has 0 unspecified atom stereocenters. The monoisotopic (exact) mass is 433 g/mol. The average Bonchev–Trinajstić information content (AvgIpc) is 3.07. The molecule has 0 aliphatic rings. The summed E-state index contributed by atoms with van der Waals surface area (Å²) in [5.41, 5.74) is 2.32. The molecule has 0 radical (unpaired) electrons. The van der Waals surface area contributed by atoms with Crippen LogP contribution in [0.1, 0.15) is 22.8 Å². The van der Waals surface area contributed by atoms with Gasteiger partial charge in [-0.05, 0) is 49.7 Å². The number of aryl methyl sites for hydroxylation is 2. The van der Waals surface area contributed by atoms with Crippen LogP contribution in [-0.4, -0.2) is 44.4 Å². The molecule has 7 nitrogen and oxygen atoms in total. The Labute approximate surface area is 173 Å². The molecule has 154 valence electrons. The van der Waals surface area contributed by atoms with E-state index in [1.165, 1.54) is 49.7 Å². The molecule has 3 rings (SSSR count). The van der Waals surface area contributed by atoms with Gasteiger partial charge in [0.2, 0.25) is 10.0 Å². The summed E-state index contributed by atoms with van der Waals surface area (Å²) in [4.78, 5) is 17.7. The van der Waals surface area contributed by atoms with E-state index >= 15 is 0 Å². The number of nitrogens with zero attached hydrogens (tertiary/aromatic N) is 3. The average molecular weight is 434 g/mol. The summed E-state index contributed by atoms with van der Waals surface area (Å²) in [6, 6.07) is 9.70. The van der Waals surface area contributed by atoms with E-state index in [4.69, 9.17) is 4.74 Å². The van der Waals surface area contributed by atoms with Crippen LogP contribution in [0.4, 0.5) is 0 Å². The maximum Gasteiger partial charge on any atom is 0.279 e. The number of thiazole rings is 1. The highest BCUT2D eigenvalue weighted by Gasteiger charge is 2.18. The van der Waals surface area contributed by atoms with Gasteiger partial charge in [0, 0.05) is 26.2 Å². The standard InChI is InChI=1S/C20H23N3O4S2/c1-6-23-17-16(27-5)12-7-13(2)18(17)28-20(23)21-19(24)14-8-10-15(11-9-14)29(25,26)22(3)4/h7-12H,6H2,1-5H3. The molecule has 0 bridgehead atoms. The Morgan fingerprint density at radius 3 is 2.38 bits per heavy atom. The van der Waals surface area contributed by atoms with Crippen molar-refractivity contribution in [2.45, 2.75) is 25.3 Å². The minimum atomic E-state index is -3.54. The SMILES string of the molecule is CCn1c(=NC(=O)c2ccc(S(=O)(=O)N(C)C)cc2)sc2c(C)ccc(OC)c21. The molecule has 1 amide bonds. The zero-order valence-electron chi connectivity index (χ0n) is 17.0. The highest BCUT2D eigenvalue weighted by molar-refractivity contribution is 7.89. The van der Waals surface area contributed by atoms with Crippen molar-refractivity contribution >= 4 is 37.5 Å². The van der Waals surface area contributed by atoms with Crippen LogP contribution in [0.15, 0.2) is 46.3 Å². The number of carbonyl (C=O) groups excluding carboxylic acids is 1. The molecular weight excluding hydrogens is 410 g/mol. The fourth-order valence-electron chi connectivity index (χ4n) is 2.95. The number of rotatable bonds is 5. The van der Waals surface area contributed by atoms with Gasteiger partial charge in [-0.2, -0.15) is 4.99 Å². The second-order valence-electron chi connectivity index (χ2n) is 6.62. The number of hydrogen-bond acceptors (Lipinski definition) is 5. The Morgan fingerprint density at radius 1 is 1.17 bits per heavy atom. The molecule has 9 heteroatoms.